The summed E-state index contributed by atoms with van der Waals surface area (Å²) >= 11 is 3.45. The van der Waals surface area contributed by atoms with Crippen molar-refractivity contribution in [1.82, 2.24) is 0 Å². The van der Waals surface area contributed by atoms with Crippen molar-refractivity contribution in [2.75, 3.05) is 11.9 Å². The highest BCUT2D eigenvalue weighted by Gasteiger charge is 2.09. The fraction of sp³-hybridized carbons (Fsp3) is 0.455. The molecule has 1 aliphatic heterocycles. The van der Waals surface area contributed by atoms with Gasteiger partial charge in [-0.3, -0.25) is 0 Å². The largest absolute Gasteiger partial charge is 0.493 e. The van der Waals surface area contributed by atoms with Gasteiger partial charge in [0.2, 0.25) is 0 Å². The Hall–Kier alpha value is -0.500. The van der Waals surface area contributed by atoms with Gasteiger partial charge in [-0.25, -0.2) is 0 Å². The highest BCUT2D eigenvalue weighted by molar-refractivity contribution is 9.09. The summed E-state index contributed by atoms with van der Waals surface area (Å²) in [6.45, 7) is 0.880. The van der Waals surface area contributed by atoms with Crippen LogP contribution in [-0.4, -0.2) is 11.9 Å². The molecule has 13 heavy (non-hydrogen) atoms. The van der Waals surface area contributed by atoms with E-state index in [0.29, 0.717) is 0 Å². The van der Waals surface area contributed by atoms with E-state index in [1.54, 1.807) is 0 Å². The van der Waals surface area contributed by atoms with Crippen LogP contribution in [0.25, 0.3) is 0 Å². The van der Waals surface area contributed by atoms with Crippen molar-refractivity contribution in [1.29, 1.82) is 0 Å². The van der Waals surface area contributed by atoms with E-state index in [4.69, 9.17) is 4.74 Å². The van der Waals surface area contributed by atoms with Crippen LogP contribution in [0.4, 0.5) is 0 Å². The average molecular weight is 241 g/mol. The molecule has 0 spiro atoms. The van der Waals surface area contributed by atoms with E-state index in [1.807, 2.05) is 0 Å². The topological polar surface area (TPSA) is 9.23 Å². The Balaban J connectivity index is 2.24. The Morgan fingerprint density at radius 1 is 1.38 bits per heavy atom. The average Bonchev–Trinajstić information content (AvgIpc) is 2.18. The summed E-state index contributed by atoms with van der Waals surface area (Å²) < 4.78 is 5.54. The monoisotopic (exact) mass is 240 g/mol. The van der Waals surface area contributed by atoms with Crippen molar-refractivity contribution in [3.8, 4) is 5.75 Å². The summed E-state index contributed by atoms with van der Waals surface area (Å²) in [7, 11) is 0. The summed E-state index contributed by atoms with van der Waals surface area (Å²) in [5.41, 5.74) is 2.78. The van der Waals surface area contributed by atoms with Gasteiger partial charge in [-0.15, -0.1) is 0 Å². The van der Waals surface area contributed by atoms with Crippen LogP contribution in [0, 0.1) is 0 Å². The first-order chi connectivity index (χ1) is 6.40. The predicted octanol–water partition coefficient (Wildman–Crippen LogP) is 2.95. The van der Waals surface area contributed by atoms with Gasteiger partial charge in [0.25, 0.3) is 0 Å². The lowest BCUT2D eigenvalue weighted by Gasteiger charge is -2.17. The van der Waals surface area contributed by atoms with Gasteiger partial charge in [0.15, 0.2) is 0 Å². The van der Waals surface area contributed by atoms with Crippen LogP contribution in [0.15, 0.2) is 18.2 Å². The minimum atomic E-state index is 0.880. The zero-order valence-electron chi connectivity index (χ0n) is 7.55. The first-order valence-electron chi connectivity index (χ1n) is 4.71. The molecule has 0 radical (unpaired) electrons. The van der Waals surface area contributed by atoms with Crippen LogP contribution in [0.2, 0.25) is 0 Å². The fourth-order valence-corrected chi connectivity index (χ4v) is 2.14. The Labute approximate surface area is 87.2 Å². The highest BCUT2D eigenvalue weighted by Crippen LogP contribution is 2.25. The molecule has 0 N–H and O–H groups in total. The molecule has 0 saturated carbocycles. The first-order valence-corrected chi connectivity index (χ1v) is 5.83. The standard InChI is InChI=1S/C11H13BrO/c12-6-5-9-3-4-11-10(8-9)2-1-7-13-11/h3-4,8H,1-2,5-7H2. The van der Waals surface area contributed by atoms with Gasteiger partial charge in [0.1, 0.15) is 5.75 Å². The van der Waals surface area contributed by atoms with Gasteiger partial charge in [-0.2, -0.15) is 0 Å². The summed E-state index contributed by atoms with van der Waals surface area (Å²) in [5, 5.41) is 1.03. The third-order valence-corrected chi connectivity index (χ3v) is 2.75. The van der Waals surface area contributed by atoms with Crippen molar-refractivity contribution in [2.24, 2.45) is 0 Å². The third kappa shape index (κ3) is 2.05. The smallest absolute Gasteiger partial charge is 0.122 e. The van der Waals surface area contributed by atoms with E-state index < -0.39 is 0 Å². The van der Waals surface area contributed by atoms with Crippen molar-refractivity contribution < 1.29 is 4.74 Å². The van der Waals surface area contributed by atoms with E-state index in [1.165, 1.54) is 17.5 Å². The van der Waals surface area contributed by atoms with Gasteiger partial charge in [-0.1, -0.05) is 28.1 Å². The van der Waals surface area contributed by atoms with Crippen molar-refractivity contribution >= 4 is 15.9 Å². The maximum absolute atomic E-state index is 5.54. The molecule has 0 amide bonds. The summed E-state index contributed by atoms with van der Waals surface area (Å²) in [5.74, 6) is 1.09. The lowest BCUT2D eigenvalue weighted by Crippen LogP contribution is -2.08. The number of benzene rings is 1. The molecule has 0 saturated heterocycles. The Kier molecular flexibility index (Phi) is 2.89. The normalized spacial score (nSPS) is 14.8. The molecular formula is C11H13BrO. The number of alkyl halides is 1. The molecular weight excluding hydrogens is 228 g/mol. The van der Waals surface area contributed by atoms with E-state index in [2.05, 4.69) is 34.1 Å². The quantitative estimate of drug-likeness (QED) is 0.723. The number of hydrogen-bond donors (Lipinski definition) is 0. The molecule has 0 unspecified atom stereocenters. The molecule has 2 rings (SSSR count). The summed E-state index contributed by atoms with van der Waals surface area (Å²) in [4.78, 5) is 0. The Morgan fingerprint density at radius 3 is 3.15 bits per heavy atom. The summed E-state index contributed by atoms with van der Waals surface area (Å²) in [6.07, 6.45) is 3.43. The van der Waals surface area contributed by atoms with Gasteiger partial charge in [0.05, 0.1) is 6.61 Å². The molecule has 70 valence electrons. The number of halogens is 1. The number of rotatable bonds is 2. The molecule has 0 atom stereocenters. The lowest BCUT2D eigenvalue weighted by molar-refractivity contribution is 0.288. The van der Waals surface area contributed by atoms with Crippen LogP contribution in [0.3, 0.4) is 0 Å². The van der Waals surface area contributed by atoms with E-state index >= 15 is 0 Å². The first kappa shape index (κ1) is 9.07. The highest BCUT2D eigenvalue weighted by atomic mass is 79.9. The fourth-order valence-electron chi connectivity index (χ4n) is 1.68. The minimum Gasteiger partial charge on any atom is -0.493 e. The van der Waals surface area contributed by atoms with E-state index in [-0.39, 0.29) is 0 Å². The van der Waals surface area contributed by atoms with Crippen LogP contribution in [0.1, 0.15) is 17.5 Å². The van der Waals surface area contributed by atoms with Crippen LogP contribution in [-0.2, 0) is 12.8 Å². The Bertz CT molecular complexity index is 296. The third-order valence-electron chi connectivity index (χ3n) is 2.36. The van der Waals surface area contributed by atoms with Crippen LogP contribution >= 0.6 is 15.9 Å². The zero-order chi connectivity index (χ0) is 9.10. The van der Waals surface area contributed by atoms with Gasteiger partial charge in [0, 0.05) is 5.33 Å². The second-order valence-electron chi connectivity index (χ2n) is 3.33. The zero-order valence-corrected chi connectivity index (χ0v) is 9.14. The van der Waals surface area contributed by atoms with Gasteiger partial charge in [-0.05, 0) is 36.5 Å². The van der Waals surface area contributed by atoms with E-state index in [0.717, 1.165) is 30.5 Å². The van der Waals surface area contributed by atoms with Crippen molar-refractivity contribution in [3.63, 3.8) is 0 Å². The van der Waals surface area contributed by atoms with E-state index in [9.17, 15) is 0 Å². The molecule has 0 fully saturated rings. The molecule has 0 aliphatic carbocycles. The summed E-state index contributed by atoms with van der Waals surface area (Å²) in [6, 6.07) is 6.54. The molecule has 1 aromatic rings. The number of ether oxygens (including phenoxy) is 1. The van der Waals surface area contributed by atoms with Gasteiger partial charge >= 0.3 is 0 Å². The SMILES string of the molecule is BrCCc1ccc2c(c1)CCCO2. The molecule has 2 heteroatoms. The maximum atomic E-state index is 5.54. The van der Waals surface area contributed by atoms with Gasteiger partial charge < -0.3 is 4.74 Å². The predicted molar refractivity (Wildman–Crippen MR) is 57.8 cm³/mol. The molecule has 0 aromatic heterocycles. The number of hydrogen-bond acceptors (Lipinski definition) is 1. The van der Waals surface area contributed by atoms with Crippen LogP contribution < -0.4 is 4.74 Å². The second-order valence-corrected chi connectivity index (χ2v) is 4.13. The Morgan fingerprint density at radius 2 is 2.31 bits per heavy atom. The molecule has 0 bridgehead atoms. The molecule has 1 nitrogen and oxygen atoms in total. The van der Waals surface area contributed by atoms with Crippen molar-refractivity contribution in [3.05, 3.63) is 29.3 Å². The molecule has 1 heterocycles. The van der Waals surface area contributed by atoms with Crippen molar-refractivity contribution in [2.45, 2.75) is 19.3 Å². The second kappa shape index (κ2) is 4.14. The maximum Gasteiger partial charge on any atom is 0.122 e. The molecule has 1 aliphatic rings. The van der Waals surface area contributed by atoms with Crippen LogP contribution in [0.5, 0.6) is 5.75 Å². The lowest BCUT2D eigenvalue weighted by atomic mass is 10.0. The minimum absolute atomic E-state index is 0.880. The number of fused-ring (bicyclic) bond motifs is 1. The number of aryl methyl sites for hydroxylation is 2. The molecule has 1 aromatic carbocycles.